The van der Waals surface area contributed by atoms with Crippen LogP contribution in [0.2, 0.25) is 0 Å². The van der Waals surface area contributed by atoms with Crippen LogP contribution in [0.5, 0.6) is 0 Å². The summed E-state index contributed by atoms with van der Waals surface area (Å²) in [6, 6.07) is 0.217. The number of nitrogens with one attached hydrogen (secondary N) is 1. The molecule has 0 spiro atoms. The van der Waals surface area contributed by atoms with Gasteiger partial charge in [-0.05, 0) is 32.1 Å². The predicted molar refractivity (Wildman–Crippen MR) is 95.5 cm³/mol. The van der Waals surface area contributed by atoms with E-state index in [2.05, 4.69) is 10.2 Å². The second kappa shape index (κ2) is 9.32. The van der Waals surface area contributed by atoms with Crippen LogP contribution in [0.1, 0.15) is 51.9 Å². The Morgan fingerprint density at radius 1 is 1.08 bits per heavy atom. The van der Waals surface area contributed by atoms with Gasteiger partial charge in [0.25, 0.3) is 0 Å². The Morgan fingerprint density at radius 2 is 1.77 bits per heavy atom. The number of amides is 2. The first kappa shape index (κ1) is 20.6. The maximum absolute atomic E-state index is 12.1. The van der Waals surface area contributed by atoms with E-state index in [0.29, 0.717) is 32.5 Å². The Hall–Kier alpha value is -1.67. The number of β-amino-alcohol motifs (C(OH)–C–C–N with tert-alkyl or cyclic N) is 1. The summed E-state index contributed by atoms with van der Waals surface area (Å²) in [6.07, 6.45) is 3.51. The summed E-state index contributed by atoms with van der Waals surface area (Å²) in [5.41, 5.74) is -0.817. The lowest BCUT2D eigenvalue weighted by atomic mass is 9.93. The summed E-state index contributed by atoms with van der Waals surface area (Å²) in [4.78, 5) is 37.8. The molecule has 2 amide bonds. The Balaban J connectivity index is 1.79. The molecule has 0 aromatic rings. The third kappa shape index (κ3) is 6.57. The van der Waals surface area contributed by atoms with Crippen LogP contribution in [0, 0.1) is 0 Å². The number of hydrogen-bond donors (Lipinski definition) is 3. The number of likely N-dealkylation sites (tertiary alicyclic amines) is 2. The van der Waals surface area contributed by atoms with Gasteiger partial charge in [-0.3, -0.25) is 14.4 Å². The molecule has 0 aromatic heterocycles. The lowest BCUT2D eigenvalue weighted by Gasteiger charge is -2.38. The summed E-state index contributed by atoms with van der Waals surface area (Å²) in [5.74, 6) is -1.11. The van der Waals surface area contributed by atoms with Crippen LogP contribution in [0.4, 0.5) is 0 Å². The number of rotatable bonds is 6. The van der Waals surface area contributed by atoms with Crippen LogP contribution in [0.3, 0.4) is 0 Å². The topological polar surface area (TPSA) is 110 Å². The molecule has 0 radical (unpaired) electrons. The van der Waals surface area contributed by atoms with E-state index in [9.17, 15) is 19.5 Å². The van der Waals surface area contributed by atoms with Crippen molar-refractivity contribution >= 4 is 17.8 Å². The van der Waals surface area contributed by atoms with Crippen molar-refractivity contribution < 1.29 is 24.6 Å². The van der Waals surface area contributed by atoms with Crippen molar-refractivity contribution in [3.8, 4) is 0 Å². The Labute approximate surface area is 154 Å². The van der Waals surface area contributed by atoms with E-state index in [-0.39, 0.29) is 30.7 Å². The fourth-order valence-corrected chi connectivity index (χ4v) is 3.90. The molecule has 148 valence electrons. The van der Waals surface area contributed by atoms with Gasteiger partial charge in [-0.1, -0.05) is 0 Å². The molecule has 0 bridgehead atoms. The first-order valence-electron chi connectivity index (χ1n) is 9.49. The molecule has 8 heteroatoms. The number of piperidine rings is 1. The SMILES string of the molecule is CC(=O)NC1CCN(C[C@@]2(O)CCCN(C(=O)CCC(=O)O)CC2)CC1. The van der Waals surface area contributed by atoms with Crippen molar-refractivity contribution in [3.05, 3.63) is 0 Å². The van der Waals surface area contributed by atoms with Gasteiger partial charge in [0.1, 0.15) is 0 Å². The minimum atomic E-state index is -0.965. The van der Waals surface area contributed by atoms with Gasteiger partial charge < -0.3 is 25.3 Å². The summed E-state index contributed by atoms with van der Waals surface area (Å²) >= 11 is 0. The van der Waals surface area contributed by atoms with Gasteiger partial charge in [-0.25, -0.2) is 0 Å². The van der Waals surface area contributed by atoms with Crippen LogP contribution in [0.25, 0.3) is 0 Å². The van der Waals surface area contributed by atoms with Crippen LogP contribution < -0.4 is 5.32 Å². The average molecular weight is 369 g/mol. The van der Waals surface area contributed by atoms with E-state index in [1.807, 2.05) is 0 Å². The molecule has 26 heavy (non-hydrogen) atoms. The van der Waals surface area contributed by atoms with Crippen molar-refractivity contribution in [1.82, 2.24) is 15.1 Å². The van der Waals surface area contributed by atoms with Gasteiger partial charge in [-0.2, -0.15) is 0 Å². The second-order valence-corrected chi connectivity index (χ2v) is 7.60. The molecule has 2 aliphatic heterocycles. The van der Waals surface area contributed by atoms with E-state index >= 15 is 0 Å². The number of hydrogen-bond acceptors (Lipinski definition) is 5. The number of nitrogens with zero attached hydrogens (tertiary/aromatic N) is 2. The van der Waals surface area contributed by atoms with Gasteiger partial charge >= 0.3 is 5.97 Å². The van der Waals surface area contributed by atoms with Gasteiger partial charge in [0.15, 0.2) is 0 Å². The smallest absolute Gasteiger partial charge is 0.303 e. The maximum Gasteiger partial charge on any atom is 0.303 e. The maximum atomic E-state index is 12.1. The normalized spacial score (nSPS) is 25.5. The van der Waals surface area contributed by atoms with Crippen molar-refractivity contribution in [1.29, 1.82) is 0 Å². The molecule has 3 N–H and O–H groups in total. The van der Waals surface area contributed by atoms with Gasteiger partial charge in [-0.15, -0.1) is 0 Å². The second-order valence-electron chi connectivity index (χ2n) is 7.60. The minimum Gasteiger partial charge on any atom is -0.481 e. The zero-order chi connectivity index (χ0) is 19.2. The minimum absolute atomic E-state index is 0.00139. The summed E-state index contributed by atoms with van der Waals surface area (Å²) in [5, 5.41) is 22.6. The monoisotopic (exact) mass is 369 g/mol. The van der Waals surface area contributed by atoms with Gasteiger partial charge in [0, 0.05) is 52.1 Å². The lowest BCUT2D eigenvalue weighted by Crippen LogP contribution is -2.50. The molecule has 0 saturated carbocycles. The first-order chi connectivity index (χ1) is 12.3. The van der Waals surface area contributed by atoms with Crippen LogP contribution in [-0.4, -0.2) is 82.2 Å². The highest BCUT2D eigenvalue weighted by Crippen LogP contribution is 2.25. The molecular formula is C18H31N3O5. The lowest BCUT2D eigenvalue weighted by molar-refractivity contribution is -0.141. The zero-order valence-electron chi connectivity index (χ0n) is 15.6. The summed E-state index contributed by atoms with van der Waals surface area (Å²) in [7, 11) is 0. The Morgan fingerprint density at radius 3 is 2.38 bits per heavy atom. The fraction of sp³-hybridized carbons (Fsp3) is 0.833. The molecular weight excluding hydrogens is 338 g/mol. The highest BCUT2D eigenvalue weighted by molar-refractivity contribution is 5.80. The standard InChI is InChI=1S/C18H31N3O5/c1-14(22)19-15-5-10-20(11-6-15)13-18(26)7-2-9-21(12-8-18)16(23)3-4-17(24)25/h15,26H,2-13H2,1H3,(H,19,22)(H,24,25)/t18-/m1/s1. The van der Waals surface area contributed by atoms with E-state index in [0.717, 1.165) is 32.4 Å². The fourth-order valence-electron chi connectivity index (χ4n) is 3.90. The van der Waals surface area contributed by atoms with Crippen LogP contribution in [0.15, 0.2) is 0 Å². The molecule has 0 aliphatic carbocycles. The summed E-state index contributed by atoms with van der Waals surface area (Å²) < 4.78 is 0. The van der Waals surface area contributed by atoms with Gasteiger partial charge in [0.05, 0.1) is 12.0 Å². The number of aliphatic carboxylic acids is 1. The third-order valence-corrected chi connectivity index (χ3v) is 5.34. The Kier molecular flexibility index (Phi) is 7.40. The molecule has 0 unspecified atom stereocenters. The quantitative estimate of drug-likeness (QED) is 0.617. The third-order valence-electron chi connectivity index (χ3n) is 5.34. The zero-order valence-corrected chi connectivity index (χ0v) is 15.6. The van der Waals surface area contributed by atoms with Crippen LogP contribution in [-0.2, 0) is 14.4 Å². The van der Waals surface area contributed by atoms with Crippen molar-refractivity contribution in [3.63, 3.8) is 0 Å². The molecule has 8 nitrogen and oxygen atoms in total. The molecule has 1 atom stereocenters. The number of carboxylic acid groups (broad SMARTS) is 1. The Bertz CT molecular complexity index is 519. The van der Waals surface area contributed by atoms with Gasteiger partial charge in [0.2, 0.25) is 11.8 Å². The summed E-state index contributed by atoms with van der Waals surface area (Å²) in [6.45, 7) is 4.84. The van der Waals surface area contributed by atoms with E-state index < -0.39 is 11.6 Å². The van der Waals surface area contributed by atoms with E-state index in [1.54, 1.807) is 4.90 Å². The highest BCUT2D eigenvalue weighted by atomic mass is 16.4. The predicted octanol–water partition coefficient (Wildman–Crippen LogP) is 0.195. The van der Waals surface area contributed by atoms with E-state index in [4.69, 9.17) is 5.11 Å². The number of aliphatic hydroxyl groups is 1. The average Bonchev–Trinajstić information content (AvgIpc) is 2.76. The van der Waals surface area contributed by atoms with E-state index in [1.165, 1.54) is 6.92 Å². The highest BCUT2D eigenvalue weighted by Gasteiger charge is 2.34. The van der Waals surface area contributed by atoms with Crippen LogP contribution >= 0.6 is 0 Å². The number of carbonyl (C=O) groups excluding carboxylic acids is 2. The van der Waals surface area contributed by atoms with Crippen molar-refractivity contribution in [2.45, 2.75) is 63.5 Å². The number of carboxylic acids is 1. The molecule has 2 saturated heterocycles. The molecule has 2 rings (SSSR count). The molecule has 2 heterocycles. The molecule has 0 aromatic carbocycles. The first-order valence-corrected chi connectivity index (χ1v) is 9.49. The van der Waals surface area contributed by atoms with Crippen molar-refractivity contribution in [2.75, 3.05) is 32.7 Å². The molecule has 2 aliphatic rings. The number of carbonyl (C=O) groups is 3. The molecule has 2 fully saturated rings. The van der Waals surface area contributed by atoms with Crippen molar-refractivity contribution in [2.24, 2.45) is 0 Å². The largest absolute Gasteiger partial charge is 0.481 e.